The summed E-state index contributed by atoms with van der Waals surface area (Å²) < 4.78 is 45.8. The van der Waals surface area contributed by atoms with E-state index in [1.165, 1.54) is 38.1 Å². The minimum absolute atomic E-state index is 0.0202. The maximum Gasteiger partial charge on any atom is 0.261 e. The van der Waals surface area contributed by atoms with Crippen molar-refractivity contribution in [3.8, 4) is 11.4 Å². The van der Waals surface area contributed by atoms with Crippen LogP contribution < -0.4 is 15.8 Å². The first-order valence-electron chi connectivity index (χ1n) is 9.28. The van der Waals surface area contributed by atoms with Gasteiger partial charge in [-0.25, -0.2) is 12.8 Å². The quantitative estimate of drug-likeness (QED) is 0.482. The van der Waals surface area contributed by atoms with Crippen molar-refractivity contribution in [3.63, 3.8) is 0 Å². The van der Waals surface area contributed by atoms with E-state index >= 15 is 0 Å². The van der Waals surface area contributed by atoms with E-state index in [4.69, 9.17) is 10.3 Å². The number of rotatable bonds is 8. The smallest absolute Gasteiger partial charge is 0.261 e. The van der Waals surface area contributed by atoms with Gasteiger partial charge in [0, 0.05) is 11.3 Å². The van der Waals surface area contributed by atoms with Crippen molar-refractivity contribution in [2.24, 2.45) is 11.1 Å². The van der Waals surface area contributed by atoms with Crippen molar-refractivity contribution in [2.75, 3.05) is 16.7 Å². The Morgan fingerprint density at radius 2 is 1.84 bits per heavy atom. The van der Waals surface area contributed by atoms with Crippen molar-refractivity contribution < 1.29 is 22.1 Å². The predicted molar refractivity (Wildman–Crippen MR) is 113 cm³/mol. The SMILES string of the molecule is CC(C)(CF)C(=O)Nc1cccc(NS(=O)(=O)c2ccc(-c3noc(CN)n3)cc2)c1. The zero-order valence-corrected chi connectivity index (χ0v) is 17.7. The average Bonchev–Trinajstić information content (AvgIpc) is 3.23. The molecule has 0 aliphatic carbocycles. The fraction of sp³-hybridized carbons (Fsp3) is 0.250. The average molecular weight is 447 g/mol. The third-order valence-electron chi connectivity index (χ3n) is 4.39. The summed E-state index contributed by atoms with van der Waals surface area (Å²) in [5.41, 5.74) is 5.40. The number of nitrogens with zero attached hydrogens (tertiary/aromatic N) is 2. The van der Waals surface area contributed by atoms with Crippen LogP contribution in [0.25, 0.3) is 11.4 Å². The van der Waals surface area contributed by atoms with E-state index in [0.29, 0.717) is 17.1 Å². The highest BCUT2D eigenvalue weighted by atomic mass is 32.2. The van der Waals surface area contributed by atoms with Crippen LogP contribution in [0.4, 0.5) is 15.8 Å². The Kier molecular flexibility index (Phi) is 6.37. The molecule has 3 aromatic rings. The van der Waals surface area contributed by atoms with Crippen LogP contribution in [0.15, 0.2) is 57.9 Å². The highest BCUT2D eigenvalue weighted by Gasteiger charge is 2.27. The molecule has 0 bridgehead atoms. The summed E-state index contributed by atoms with van der Waals surface area (Å²) in [5.74, 6) is 0.0668. The number of hydrogen-bond donors (Lipinski definition) is 3. The summed E-state index contributed by atoms with van der Waals surface area (Å²) in [5, 5.41) is 6.37. The predicted octanol–water partition coefficient (Wildman–Crippen LogP) is 2.93. The molecule has 11 heteroatoms. The fourth-order valence-corrected chi connectivity index (χ4v) is 3.52. The van der Waals surface area contributed by atoms with Crippen LogP contribution >= 0.6 is 0 Å². The molecule has 0 unspecified atom stereocenters. The van der Waals surface area contributed by atoms with Crippen LogP contribution in [-0.4, -0.2) is 31.1 Å². The van der Waals surface area contributed by atoms with Crippen LogP contribution in [0.1, 0.15) is 19.7 Å². The zero-order chi connectivity index (χ0) is 22.6. The van der Waals surface area contributed by atoms with Gasteiger partial charge in [0.25, 0.3) is 10.0 Å². The molecule has 0 radical (unpaired) electrons. The first-order valence-corrected chi connectivity index (χ1v) is 10.8. The van der Waals surface area contributed by atoms with Gasteiger partial charge in [-0.05, 0) is 56.3 Å². The van der Waals surface area contributed by atoms with E-state index in [1.807, 2.05) is 0 Å². The molecule has 1 heterocycles. The Morgan fingerprint density at radius 3 is 2.45 bits per heavy atom. The summed E-state index contributed by atoms with van der Waals surface area (Å²) in [6.07, 6.45) is 0. The Labute approximate surface area is 178 Å². The van der Waals surface area contributed by atoms with Crippen LogP contribution in [0.3, 0.4) is 0 Å². The normalized spacial score (nSPS) is 11.9. The van der Waals surface area contributed by atoms with Gasteiger partial charge in [0.2, 0.25) is 17.6 Å². The Bertz CT molecular complexity index is 1180. The van der Waals surface area contributed by atoms with Crippen molar-refractivity contribution in [1.29, 1.82) is 0 Å². The number of carbonyl (C=O) groups excluding carboxylic acids is 1. The van der Waals surface area contributed by atoms with Crippen molar-refractivity contribution in [3.05, 3.63) is 54.4 Å². The monoisotopic (exact) mass is 447 g/mol. The summed E-state index contributed by atoms with van der Waals surface area (Å²) in [6.45, 7) is 2.24. The Morgan fingerprint density at radius 1 is 1.16 bits per heavy atom. The number of nitrogens with one attached hydrogen (secondary N) is 2. The van der Waals surface area contributed by atoms with Gasteiger partial charge in [-0.15, -0.1) is 0 Å². The molecule has 9 nitrogen and oxygen atoms in total. The topological polar surface area (TPSA) is 140 Å². The fourth-order valence-electron chi connectivity index (χ4n) is 2.47. The lowest BCUT2D eigenvalue weighted by Crippen LogP contribution is -2.32. The number of aromatic nitrogens is 2. The third-order valence-corrected chi connectivity index (χ3v) is 5.78. The second-order valence-corrected chi connectivity index (χ2v) is 9.08. The van der Waals surface area contributed by atoms with Gasteiger partial charge in [0.15, 0.2) is 0 Å². The Hall–Kier alpha value is -3.31. The van der Waals surface area contributed by atoms with Gasteiger partial charge in [-0.2, -0.15) is 4.98 Å². The molecule has 0 spiro atoms. The molecular formula is C20H22FN5O4S. The number of nitrogens with two attached hydrogens (primary N) is 1. The molecule has 0 fully saturated rings. The van der Waals surface area contributed by atoms with Gasteiger partial charge >= 0.3 is 0 Å². The van der Waals surface area contributed by atoms with E-state index in [9.17, 15) is 17.6 Å². The van der Waals surface area contributed by atoms with Crippen molar-refractivity contribution in [2.45, 2.75) is 25.3 Å². The van der Waals surface area contributed by atoms with Crippen LogP contribution in [0.2, 0.25) is 0 Å². The number of carbonyl (C=O) groups is 1. The summed E-state index contributed by atoms with van der Waals surface area (Å²) in [4.78, 5) is 16.2. The molecule has 0 aliphatic rings. The molecule has 1 aromatic heterocycles. The van der Waals surface area contributed by atoms with E-state index in [-0.39, 0.29) is 23.0 Å². The number of amides is 1. The van der Waals surface area contributed by atoms with Crippen LogP contribution in [-0.2, 0) is 21.4 Å². The number of halogens is 1. The molecule has 4 N–H and O–H groups in total. The number of anilines is 2. The molecular weight excluding hydrogens is 425 g/mol. The van der Waals surface area contributed by atoms with Gasteiger partial charge in [-0.3, -0.25) is 9.52 Å². The second-order valence-electron chi connectivity index (χ2n) is 7.40. The molecule has 0 saturated carbocycles. The standard InChI is InChI=1S/C20H22FN5O4S/c1-20(2,12-21)19(27)23-14-4-3-5-15(10-14)26-31(28,29)16-8-6-13(7-9-16)18-24-17(11-22)30-25-18/h3-10,26H,11-12,22H2,1-2H3,(H,23,27). The van der Waals surface area contributed by atoms with E-state index in [0.717, 1.165) is 0 Å². The van der Waals surface area contributed by atoms with Gasteiger partial charge < -0.3 is 15.6 Å². The number of sulfonamides is 1. The lowest BCUT2D eigenvalue weighted by Gasteiger charge is -2.19. The maximum atomic E-state index is 13.0. The van der Waals surface area contributed by atoms with E-state index in [2.05, 4.69) is 20.2 Å². The molecule has 0 aliphatic heterocycles. The van der Waals surface area contributed by atoms with Crippen LogP contribution in [0.5, 0.6) is 0 Å². The molecule has 3 rings (SSSR count). The minimum atomic E-state index is -3.90. The van der Waals surface area contributed by atoms with Crippen LogP contribution in [0, 0.1) is 5.41 Å². The lowest BCUT2D eigenvalue weighted by molar-refractivity contribution is -0.124. The minimum Gasteiger partial charge on any atom is -0.338 e. The number of hydrogen-bond acceptors (Lipinski definition) is 7. The summed E-state index contributed by atoms with van der Waals surface area (Å²) in [7, 11) is -3.90. The summed E-state index contributed by atoms with van der Waals surface area (Å²) >= 11 is 0. The molecule has 0 atom stereocenters. The number of alkyl halides is 1. The first-order chi connectivity index (χ1) is 14.6. The maximum absolute atomic E-state index is 13.0. The second kappa shape index (κ2) is 8.82. The highest BCUT2D eigenvalue weighted by Crippen LogP contribution is 2.24. The molecule has 164 valence electrons. The summed E-state index contributed by atoms with van der Waals surface area (Å²) in [6, 6.07) is 12.1. The zero-order valence-electron chi connectivity index (χ0n) is 16.9. The molecule has 2 aromatic carbocycles. The van der Waals surface area contributed by atoms with Gasteiger partial charge in [-0.1, -0.05) is 11.2 Å². The molecule has 1 amide bonds. The highest BCUT2D eigenvalue weighted by molar-refractivity contribution is 7.92. The van der Waals surface area contributed by atoms with Crippen molar-refractivity contribution >= 4 is 27.3 Å². The number of benzene rings is 2. The Balaban J connectivity index is 1.75. The third kappa shape index (κ3) is 5.25. The lowest BCUT2D eigenvalue weighted by atomic mass is 9.94. The molecule has 0 saturated heterocycles. The van der Waals surface area contributed by atoms with E-state index in [1.54, 1.807) is 24.3 Å². The first kappa shape index (κ1) is 22.4. The van der Waals surface area contributed by atoms with Gasteiger partial charge in [0.05, 0.1) is 22.5 Å². The van der Waals surface area contributed by atoms with E-state index < -0.39 is 28.0 Å². The van der Waals surface area contributed by atoms with Gasteiger partial charge in [0.1, 0.15) is 6.67 Å². The largest absolute Gasteiger partial charge is 0.338 e. The van der Waals surface area contributed by atoms with Crippen molar-refractivity contribution in [1.82, 2.24) is 10.1 Å². The molecule has 31 heavy (non-hydrogen) atoms.